The number of nitrogens with one attached hydrogen (secondary N) is 1. The molecule has 152 valence electrons. The van der Waals surface area contributed by atoms with E-state index in [1.165, 1.54) is 12.1 Å². The maximum Gasteiger partial charge on any atom is 0.355 e. The summed E-state index contributed by atoms with van der Waals surface area (Å²) in [5.41, 5.74) is 0.783. The monoisotopic (exact) mass is 423 g/mol. The molecule has 1 aromatic heterocycles. The van der Waals surface area contributed by atoms with E-state index in [4.69, 9.17) is 13.8 Å². The van der Waals surface area contributed by atoms with Crippen molar-refractivity contribution >= 4 is 30.6 Å². The van der Waals surface area contributed by atoms with Crippen LogP contribution in [-0.4, -0.2) is 17.6 Å². The highest BCUT2D eigenvalue weighted by molar-refractivity contribution is 7.57. The largest absolute Gasteiger partial charge is 0.461 e. The van der Waals surface area contributed by atoms with Crippen LogP contribution in [0.25, 0.3) is 10.9 Å². The minimum absolute atomic E-state index is 0.190. The summed E-state index contributed by atoms with van der Waals surface area (Å²) in [6, 6.07) is 22.6. The summed E-state index contributed by atoms with van der Waals surface area (Å²) in [6.45, 7) is 1.93. The van der Waals surface area contributed by atoms with Crippen molar-refractivity contribution < 1.29 is 23.0 Å². The van der Waals surface area contributed by atoms with Gasteiger partial charge in [-0.3, -0.25) is 0 Å². The summed E-state index contributed by atoms with van der Waals surface area (Å²) in [5.74, 6) is 0.165. The first-order valence-corrected chi connectivity index (χ1v) is 10.6. The van der Waals surface area contributed by atoms with Crippen molar-refractivity contribution in [3.05, 3.63) is 90.4 Å². The first kappa shape index (κ1) is 19.9. The van der Waals surface area contributed by atoms with Crippen molar-refractivity contribution in [3.8, 4) is 11.5 Å². The number of aromatic amines is 1. The lowest BCUT2D eigenvalue weighted by Crippen LogP contribution is -2.19. The number of hydrogen-bond donors (Lipinski definition) is 1. The van der Waals surface area contributed by atoms with Gasteiger partial charge in [0.15, 0.2) is 0 Å². The standard InChI is InChI=1S/C23H19FNO4P/c1-2-27-23(26)21-22(19-15-16(24)13-14-20(19)25-21)30(28-17-9-5-3-6-10-17)29-18-11-7-4-8-12-18/h3-15,25H,2H2,1H3. The number of carbonyl (C=O) groups excluding carboxylic acids is 1. The number of ether oxygens (including phenoxy) is 1. The Morgan fingerprint density at radius 1 is 0.933 bits per heavy atom. The zero-order valence-corrected chi connectivity index (χ0v) is 17.1. The molecule has 4 aromatic rings. The molecule has 0 radical (unpaired) electrons. The van der Waals surface area contributed by atoms with Gasteiger partial charge in [0.2, 0.25) is 0 Å². The number of halogens is 1. The minimum atomic E-state index is -1.85. The Labute approximate surface area is 174 Å². The molecule has 3 aromatic carbocycles. The van der Waals surface area contributed by atoms with Gasteiger partial charge in [-0.25, -0.2) is 9.18 Å². The third-order valence-corrected chi connectivity index (χ3v) is 5.84. The van der Waals surface area contributed by atoms with Gasteiger partial charge in [0.05, 0.1) is 11.9 Å². The number of rotatable bonds is 7. The van der Waals surface area contributed by atoms with E-state index in [2.05, 4.69) is 4.98 Å². The molecule has 0 aliphatic carbocycles. The molecule has 0 bridgehead atoms. The fourth-order valence-corrected chi connectivity index (χ4v) is 4.51. The number of aromatic nitrogens is 1. The summed E-state index contributed by atoms with van der Waals surface area (Å²) in [6.07, 6.45) is 0. The molecule has 1 heterocycles. The normalized spacial score (nSPS) is 10.9. The van der Waals surface area contributed by atoms with Crippen molar-refractivity contribution in [1.29, 1.82) is 0 Å². The molecule has 4 rings (SSSR count). The van der Waals surface area contributed by atoms with E-state index in [1.807, 2.05) is 36.4 Å². The average Bonchev–Trinajstić information content (AvgIpc) is 3.14. The molecule has 0 saturated carbocycles. The quantitative estimate of drug-likeness (QED) is 0.311. The molecule has 0 aliphatic heterocycles. The molecule has 1 N–H and O–H groups in total. The van der Waals surface area contributed by atoms with E-state index >= 15 is 0 Å². The topological polar surface area (TPSA) is 60.6 Å². The van der Waals surface area contributed by atoms with Crippen LogP contribution in [0.4, 0.5) is 4.39 Å². The maximum absolute atomic E-state index is 14.1. The first-order chi connectivity index (χ1) is 14.7. The Bertz CT molecular complexity index is 1110. The van der Waals surface area contributed by atoms with Crippen LogP contribution in [0.15, 0.2) is 78.9 Å². The van der Waals surface area contributed by atoms with Gasteiger partial charge in [-0.05, 0) is 49.4 Å². The first-order valence-electron chi connectivity index (χ1n) is 9.40. The highest BCUT2D eigenvalue weighted by Crippen LogP contribution is 2.43. The number of H-pyrrole nitrogens is 1. The van der Waals surface area contributed by atoms with Crippen LogP contribution in [0, 0.1) is 5.82 Å². The molecular formula is C23H19FNO4P. The maximum atomic E-state index is 14.1. The van der Waals surface area contributed by atoms with Crippen LogP contribution < -0.4 is 14.4 Å². The summed E-state index contributed by atoms with van der Waals surface area (Å²) in [4.78, 5) is 15.7. The number of hydrogen-bond acceptors (Lipinski definition) is 4. The van der Waals surface area contributed by atoms with Crippen LogP contribution in [-0.2, 0) is 4.74 Å². The molecule has 7 heteroatoms. The fraction of sp³-hybridized carbons (Fsp3) is 0.0870. The van der Waals surface area contributed by atoms with Gasteiger partial charge in [-0.2, -0.15) is 0 Å². The van der Waals surface area contributed by atoms with Crippen LogP contribution in [0.5, 0.6) is 11.5 Å². The van der Waals surface area contributed by atoms with Crippen LogP contribution in [0.1, 0.15) is 17.4 Å². The van der Waals surface area contributed by atoms with Crippen molar-refractivity contribution in [1.82, 2.24) is 4.98 Å². The number of benzene rings is 3. The molecule has 0 spiro atoms. The Balaban J connectivity index is 1.86. The Morgan fingerprint density at radius 3 is 2.10 bits per heavy atom. The highest BCUT2D eigenvalue weighted by atomic mass is 31.2. The number of fused-ring (bicyclic) bond motifs is 1. The predicted molar refractivity (Wildman–Crippen MR) is 115 cm³/mol. The van der Waals surface area contributed by atoms with Crippen LogP contribution in [0.2, 0.25) is 0 Å². The zero-order chi connectivity index (χ0) is 20.9. The third-order valence-electron chi connectivity index (χ3n) is 4.26. The summed E-state index contributed by atoms with van der Waals surface area (Å²) >= 11 is 0. The second-order valence-electron chi connectivity index (χ2n) is 6.32. The number of esters is 1. The van der Waals surface area contributed by atoms with Gasteiger partial charge >= 0.3 is 14.3 Å². The lowest BCUT2D eigenvalue weighted by Gasteiger charge is -2.19. The molecule has 0 fully saturated rings. The molecule has 0 aliphatic rings. The lowest BCUT2D eigenvalue weighted by atomic mass is 10.2. The third kappa shape index (κ3) is 4.29. The van der Waals surface area contributed by atoms with Crippen molar-refractivity contribution in [2.24, 2.45) is 0 Å². The molecule has 30 heavy (non-hydrogen) atoms. The second-order valence-corrected chi connectivity index (χ2v) is 7.65. The SMILES string of the molecule is CCOC(=O)c1[nH]c2ccc(F)cc2c1P(Oc1ccccc1)Oc1ccccc1. The van der Waals surface area contributed by atoms with E-state index in [-0.39, 0.29) is 12.3 Å². The van der Waals surface area contributed by atoms with Crippen molar-refractivity contribution in [2.45, 2.75) is 6.92 Å². The molecule has 0 saturated heterocycles. The number of para-hydroxylation sites is 2. The summed E-state index contributed by atoms with van der Waals surface area (Å²) in [5, 5.41) is 0.946. The lowest BCUT2D eigenvalue weighted by molar-refractivity contribution is 0.0522. The van der Waals surface area contributed by atoms with E-state index in [0.29, 0.717) is 27.7 Å². The Hall–Kier alpha value is -3.37. The van der Waals surface area contributed by atoms with Gasteiger partial charge in [-0.15, -0.1) is 0 Å². The molecule has 0 amide bonds. The minimum Gasteiger partial charge on any atom is -0.461 e. The summed E-state index contributed by atoms with van der Waals surface area (Å²) in [7, 11) is -1.85. The van der Waals surface area contributed by atoms with E-state index in [0.717, 1.165) is 0 Å². The van der Waals surface area contributed by atoms with E-state index in [9.17, 15) is 9.18 Å². The smallest absolute Gasteiger partial charge is 0.355 e. The fourth-order valence-electron chi connectivity index (χ4n) is 2.95. The van der Waals surface area contributed by atoms with Gasteiger partial charge in [0, 0.05) is 10.9 Å². The van der Waals surface area contributed by atoms with Crippen molar-refractivity contribution in [3.63, 3.8) is 0 Å². The highest BCUT2D eigenvalue weighted by Gasteiger charge is 2.31. The van der Waals surface area contributed by atoms with Gasteiger partial charge in [0.25, 0.3) is 0 Å². The summed E-state index contributed by atoms with van der Waals surface area (Å²) < 4.78 is 31.6. The van der Waals surface area contributed by atoms with Crippen molar-refractivity contribution in [2.75, 3.05) is 6.61 Å². The zero-order valence-electron chi connectivity index (χ0n) is 16.2. The van der Waals surface area contributed by atoms with Crippen LogP contribution >= 0.6 is 8.38 Å². The van der Waals surface area contributed by atoms with E-state index in [1.54, 1.807) is 37.3 Å². The molecule has 0 unspecified atom stereocenters. The van der Waals surface area contributed by atoms with Crippen LogP contribution in [0.3, 0.4) is 0 Å². The van der Waals surface area contributed by atoms with E-state index < -0.39 is 20.2 Å². The molecular weight excluding hydrogens is 404 g/mol. The van der Waals surface area contributed by atoms with Gasteiger partial charge in [-0.1, -0.05) is 36.4 Å². The van der Waals surface area contributed by atoms with Gasteiger partial charge < -0.3 is 18.8 Å². The Morgan fingerprint density at radius 2 is 1.53 bits per heavy atom. The molecule has 0 atom stereocenters. The second kappa shape index (κ2) is 8.97. The Kier molecular flexibility index (Phi) is 5.96. The predicted octanol–water partition coefficient (Wildman–Crippen LogP) is 5.58. The van der Waals surface area contributed by atoms with Gasteiger partial charge in [0.1, 0.15) is 23.0 Å². The average molecular weight is 423 g/mol. The molecule has 5 nitrogen and oxygen atoms in total. The number of carbonyl (C=O) groups is 1.